The minimum Gasteiger partial charge on any atom is -0.486 e. The Morgan fingerprint density at radius 2 is 2.00 bits per heavy atom. The van der Waals surface area contributed by atoms with Crippen LogP contribution in [0, 0.1) is 0 Å². The quantitative estimate of drug-likeness (QED) is 0.779. The van der Waals surface area contributed by atoms with Crippen molar-refractivity contribution in [1.82, 2.24) is 4.90 Å². The lowest BCUT2D eigenvalue weighted by atomic mass is 9.99. The van der Waals surface area contributed by atoms with E-state index in [1.165, 1.54) is 6.08 Å². The van der Waals surface area contributed by atoms with Crippen molar-refractivity contribution in [3.8, 4) is 11.5 Å². The van der Waals surface area contributed by atoms with Crippen molar-refractivity contribution in [2.75, 3.05) is 26.3 Å². The summed E-state index contributed by atoms with van der Waals surface area (Å²) in [6, 6.07) is 4.96. The van der Waals surface area contributed by atoms with Gasteiger partial charge in [-0.1, -0.05) is 12.1 Å². The Morgan fingerprint density at radius 3 is 2.61 bits per heavy atom. The van der Waals surface area contributed by atoms with Gasteiger partial charge >= 0.3 is 6.18 Å². The first-order chi connectivity index (χ1) is 10.8. The molecule has 1 aromatic carbocycles. The number of fused-ring (bicyclic) bond motifs is 1. The van der Waals surface area contributed by atoms with Gasteiger partial charge in [-0.05, 0) is 24.6 Å². The molecule has 7 heteroatoms. The van der Waals surface area contributed by atoms with Gasteiger partial charge in [-0.2, -0.15) is 13.2 Å². The zero-order valence-electron chi connectivity index (χ0n) is 12.7. The van der Waals surface area contributed by atoms with E-state index < -0.39 is 24.5 Å². The highest BCUT2D eigenvalue weighted by Crippen LogP contribution is 2.33. The first-order valence-electron chi connectivity index (χ1n) is 7.18. The SMILES string of the molecule is C=CCN(CC(F)(F)F)C(=O)[C@@H](C)c1ccc2c(c1)OCCO2. The van der Waals surface area contributed by atoms with Gasteiger partial charge in [0.15, 0.2) is 11.5 Å². The van der Waals surface area contributed by atoms with Crippen LogP contribution in [0.4, 0.5) is 13.2 Å². The summed E-state index contributed by atoms with van der Waals surface area (Å²) in [6.07, 6.45) is -3.18. The molecular formula is C16H18F3NO3. The van der Waals surface area contributed by atoms with E-state index in [-0.39, 0.29) is 6.54 Å². The number of benzene rings is 1. The van der Waals surface area contributed by atoms with Gasteiger partial charge in [-0.15, -0.1) is 6.58 Å². The van der Waals surface area contributed by atoms with Crippen LogP contribution in [0.15, 0.2) is 30.9 Å². The average molecular weight is 329 g/mol. The number of hydrogen-bond donors (Lipinski definition) is 0. The summed E-state index contributed by atoms with van der Waals surface area (Å²) in [5.74, 6) is -0.274. The number of carbonyl (C=O) groups is 1. The molecule has 1 amide bonds. The molecule has 0 saturated carbocycles. The first-order valence-corrected chi connectivity index (χ1v) is 7.18. The number of carbonyl (C=O) groups excluding carboxylic acids is 1. The van der Waals surface area contributed by atoms with Crippen molar-refractivity contribution in [3.63, 3.8) is 0 Å². The largest absolute Gasteiger partial charge is 0.486 e. The van der Waals surface area contributed by atoms with Crippen molar-refractivity contribution >= 4 is 5.91 Å². The second kappa shape index (κ2) is 6.93. The zero-order chi connectivity index (χ0) is 17.0. The molecule has 4 nitrogen and oxygen atoms in total. The van der Waals surface area contributed by atoms with Gasteiger partial charge in [0.1, 0.15) is 19.8 Å². The third-order valence-electron chi connectivity index (χ3n) is 3.47. The Hall–Kier alpha value is -2.18. The zero-order valence-corrected chi connectivity index (χ0v) is 12.7. The Labute approximate surface area is 132 Å². The van der Waals surface area contributed by atoms with E-state index in [0.717, 1.165) is 4.90 Å². The number of amides is 1. The van der Waals surface area contributed by atoms with Crippen molar-refractivity contribution in [3.05, 3.63) is 36.4 Å². The number of hydrogen-bond acceptors (Lipinski definition) is 3. The molecule has 2 rings (SSSR count). The molecule has 1 aliphatic rings. The first kappa shape index (κ1) is 17.2. The van der Waals surface area contributed by atoms with Crippen molar-refractivity contribution in [1.29, 1.82) is 0 Å². The fourth-order valence-corrected chi connectivity index (χ4v) is 2.35. The Morgan fingerprint density at radius 1 is 1.35 bits per heavy atom. The minimum absolute atomic E-state index is 0.159. The summed E-state index contributed by atoms with van der Waals surface area (Å²) in [4.78, 5) is 13.1. The lowest BCUT2D eigenvalue weighted by molar-refractivity contribution is -0.160. The average Bonchev–Trinajstić information content (AvgIpc) is 2.51. The molecule has 1 aliphatic heterocycles. The number of ether oxygens (including phenoxy) is 2. The summed E-state index contributed by atoms with van der Waals surface area (Å²) in [5, 5.41) is 0. The lowest BCUT2D eigenvalue weighted by Crippen LogP contribution is -2.41. The predicted octanol–water partition coefficient (Wildman–Crippen LogP) is 3.14. The Kier molecular flexibility index (Phi) is 5.18. The highest BCUT2D eigenvalue weighted by Gasteiger charge is 2.34. The number of nitrogens with zero attached hydrogens (tertiary/aromatic N) is 1. The molecule has 126 valence electrons. The van der Waals surface area contributed by atoms with E-state index >= 15 is 0 Å². The minimum atomic E-state index is -4.45. The van der Waals surface area contributed by atoms with E-state index in [1.54, 1.807) is 25.1 Å². The van der Waals surface area contributed by atoms with Crippen LogP contribution < -0.4 is 9.47 Å². The molecule has 0 bridgehead atoms. The van der Waals surface area contributed by atoms with Crippen LogP contribution in [-0.4, -0.2) is 43.3 Å². The Bertz CT molecular complexity index is 586. The van der Waals surface area contributed by atoms with E-state index in [2.05, 4.69) is 6.58 Å². The van der Waals surface area contributed by atoms with Crippen LogP contribution in [-0.2, 0) is 4.79 Å². The normalized spacial score (nSPS) is 15.0. The van der Waals surface area contributed by atoms with E-state index in [4.69, 9.17) is 9.47 Å². The summed E-state index contributed by atoms with van der Waals surface area (Å²) >= 11 is 0. The maximum absolute atomic E-state index is 12.6. The number of alkyl halides is 3. The van der Waals surface area contributed by atoms with Crippen LogP contribution >= 0.6 is 0 Å². The Balaban J connectivity index is 2.18. The molecule has 0 aromatic heterocycles. The monoisotopic (exact) mass is 329 g/mol. The second-order valence-electron chi connectivity index (χ2n) is 5.25. The maximum atomic E-state index is 12.6. The molecule has 0 saturated heterocycles. The van der Waals surface area contributed by atoms with Gasteiger partial charge < -0.3 is 14.4 Å². The fourth-order valence-electron chi connectivity index (χ4n) is 2.35. The standard InChI is InChI=1S/C16H18F3NO3/c1-3-6-20(10-16(17,18)19)15(21)11(2)12-4-5-13-14(9-12)23-8-7-22-13/h3-5,9,11H,1,6-8,10H2,2H3/t11-/m0/s1. The molecule has 1 atom stereocenters. The highest BCUT2D eigenvalue weighted by atomic mass is 19.4. The summed E-state index contributed by atoms with van der Waals surface area (Å²) in [5.41, 5.74) is 0.579. The topological polar surface area (TPSA) is 38.8 Å². The molecule has 0 unspecified atom stereocenters. The van der Waals surface area contributed by atoms with Crippen molar-refractivity contribution in [2.24, 2.45) is 0 Å². The van der Waals surface area contributed by atoms with Crippen LogP contribution in [0.25, 0.3) is 0 Å². The third-order valence-corrected chi connectivity index (χ3v) is 3.47. The van der Waals surface area contributed by atoms with Gasteiger partial charge in [0.05, 0.1) is 5.92 Å². The van der Waals surface area contributed by atoms with Gasteiger partial charge in [0.25, 0.3) is 0 Å². The van der Waals surface area contributed by atoms with Crippen LogP contribution in [0.3, 0.4) is 0 Å². The van der Waals surface area contributed by atoms with E-state index in [1.807, 2.05) is 0 Å². The second-order valence-corrected chi connectivity index (χ2v) is 5.25. The molecule has 23 heavy (non-hydrogen) atoms. The van der Waals surface area contributed by atoms with Gasteiger partial charge in [-0.3, -0.25) is 4.79 Å². The van der Waals surface area contributed by atoms with Gasteiger partial charge in [-0.25, -0.2) is 0 Å². The fraction of sp³-hybridized carbons (Fsp3) is 0.438. The molecule has 1 aromatic rings. The molecular weight excluding hydrogens is 311 g/mol. The van der Waals surface area contributed by atoms with Crippen LogP contribution in [0.5, 0.6) is 11.5 Å². The van der Waals surface area contributed by atoms with Crippen LogP contribution in [0.2, 0.25) is 0 Å². The predicted molar refractivity (Wildman–Crippen MR) is 78.7 cm³/mol. The summed E-state index contributed by atoms with van der Waals surface area (Å²) < 4.78 is 48.7. The van der Waals surface area contributed by atoms with E-state index in [0.29, 0.717) is 30.3 Å². The smallest absolute Gasteiger partial charge is 0.406 e. The summed E-state index contributed by atoms with van der Waals surface area (Å²) in [6.45, 7) is 4.36. The molecule has 0 N–H and O–H groups in total. The number of halogens is 3. The van der Waals surface area contributed by atoms with E-state index in [9.17, 15) is 18.0 Å². The van der Waals surface area contributed by atoms with Gasteiger partial charge in [0, 0.05) is 6.54 Å². The molecule has 0 aliphatic carbocycles. The van der Waals surface area contributed by atoms with Crippen molar-refractivity contribution < 1.29 is 27.4 Å². The van der Waals surface area contributed by atoms with Crippen LogP contribution in [0.1, 0.15) is 18.4 Å². The highest BCUT2D eigenvalue weighted by molar-refractivity contribution is 5.83. The van der Waals surface area contributed by atoms with Gasteiger partial charge in [0.2, 0.25) is 5.91 Å². The number of rotatable bonds is 5. The van der Waals surface area contributed by atoms with Crippen molar-refractivity contribution in [2.45, 2.75) is 19.0 Å². The summed E-state index contributed by atoms with van der Waals surface area (Å²) in [7, 11) is 0. The molecule has 0 fully saturated rings. The molecule has 0 spiro atoms. The maximum Gasteiger partial charge on any atom is 0.406 e. The third kappa shape index (κ3) is 4.40. The lowest BCUT2D eigenvalue weighted by Gasteiger charge is -2.26. The molecule has 0 radical (unpaired) electrons. The molecule has 1 heterocycles.